The molecule has 0 saturated carbocycles. The van der Waals surface area contributed by atoms with E-state index in [-0.39, 0.29) is 23.2 Å². The molecule has 0 fully saturated rings. The third kappa shape index (κ3) is 2.90. The van der Waals surface area contributed by atoms with Gasteiger partial charge in [0, 0.05) is 28.5 Å². The van der Waals surface area contributed by atoms with Gasteiger partial charge in [-0.05, 0) is 35.6 Å². The summed E-state index contributed by atoms with van der Waals surface area (Å²) in [7, 11) is 0. The molecule has 8 nitrogen and oxygen atoms in total. The zero-order valence-corrected chi connectivity index (χ0v) is 16.0. The van der Waals surface area contributed by atoms with Crippen molar-refractivity contribution in [1.82, 2.24) is 14.8 Å². The summed E-state index contributed by atoms with van der Waals surface area (Å²) in [5.74, 6) is -0.241. The second-order valence-corrected chi connectivity index (χ2v) is 8.11. The quantitative estimate of drug-likeness (QED) is 0.610. The standard InChI is InChI=1S/C20H17N5O3S/c21-19-23-20-22-13-8-12(15-2-1-7-29-15)9-14(26)16(13)17(25(20)24-19)10-3-5-11(6-4-10)18(27)28/h1-7,12,17H,8-9H2,(H,27,28)(H3,21,22,23,24)/t12-,17-/m0/s1. The maximum Gasteiger partial charge on any atom is 0.335 e. The average molecular weight is 407 g/mol. The number of nitrogens with two attached hydrogens (primary N) is 1. The van der Waals surface area contributed by atoms with Crippen LogP contribution in [0.2, 0.25) is 0 Å². The van der Waals surface area contributed by atoms with Gasteiger partial charge in [0.05, 0.1) is 5.56 Å². The highest BCUT2D eigenvalue weighted by molar-refractivity contribution is 7.10. The van der Waals surface area contributed by atoms with E-state index in [0.717, 1.165) is 11.3 Å². The van der Waals surface area contributed by atoms with E-state index in [9.17, 15) is 14.7 Å². The predicted molar refractivity (Wildman–Crippen MR) is 108 cm³/mol. The Labute approximate surface area is 169 Å². The fourth-order valence-electron chi connectivity index (χ4n) is 4.07. The molecule has 1 aliphatic heterocycles. The summed E-state index contributed by atoms with van der Waals surface area (Å²) in [5, 5.41) is 18.7. The van der Waals surface area contributed by atoms with Crippen molar-refractivity contribution in [2.45, 2.75) is 24.8 Å². The zero-order valence-electron chi connectivity index (χ0n) is 15.2. The largest absolute Gasteiger partial charge is 0.478 e. The highest BCUT2D eigenvalue weighted by Crippen LogP contribution is 2.44. The SMILES string of the molecule is Nc1nc2n(n1)[C@@H](c1ccc(C(=O)O)cc1)C1=C(C[C@H](c3cccs3)CC1=O)N2. The van der Waals surface area contributed by atoms with Crippen LogP contribution in [-0.4, -0.2) is 31.6 Å². The number of fused-ring (bicyclic) bond motifs is 1. The summed E-state index contributed by atoms with van der Waals surface area (Å²) in [4.78, 5) is 29.9. The van der Waals surface area contributed by atoms with Crippen LogP contribution in [-0.2, 0) is 4.79 Å². The molecule has 2 aromatic heterocycles. The summed E-state index contributed by atoms with van der Waals surface area (Å²) < 4.78 is 1.60. The topological polar surface area (TPSA) is 123 Å². The molecule has 0 spiro atoms. The second-order valence-electron chi connectivity index (χ2n) is 7.13. The minimum absolute atomic E-state index is 0.0455. The van der Waals surface area contributed by atoms with Gasteiger partial charge < -0.3 is 16.2 Å². The van der Waals surface area contributed by atoms with Crippen LogP contribution >= 0.6 is 11.3 Å². The van der Waals surface area contributed by atoms with Gasteiger partial charge in [0.15, 0.2) is 5.78 Å². The lowest BCUT2D eigenvalue weighted by Gasteiger charge is -2.34. The molecule has 29 heavy (non-hydrogen) atoms. The summed E-state index contributed by atoms with van der Waals surface area (Å²) in [5.41, 5.74) is 8.24. The van der Waals surface area contributed by atoms with Gasteiger partial charge in [-0.3, -0.25) is 4.79 Å². The Morgan fingerprint density at radius 2 is 2.03 bits per heavy atom. The van der Waals surface area contributed by atoms with Crippen LogP contribution < -0.4 is 11.1 Å². The Bertz CT molecular complexity index is 1150. The number of nitrogens with zero attached hydrogens (tertiary/aromatic N) is 3. The highest BCUT2D eigenvalue weighted by atomic mass is 32.1. The van der Waals surface area contributed by atoms with Crippen molar-refractivity contribution < 1.29 is 14.7 Å². The van der Waals surface area contributed by atoms with Gasteiger partial charge in [-0.1, -0.05) is 18.2 Å². The van der Waals surface area contributed by atoms with Crippen molar-refractivity contribution in [2.24, 2.45) is 0 Å². The van der Waals surface area contributed by atoms with Crippen LogP contribution in [0.1, 0.15) is 45.6 Å². The third-order valence-corrected chi connectivity index (χ3v) is 6.39. The van der Waals surface area contributed by atoms with E-state index in [2.05, 4.69) is 21.5 Å². The number of ketones is 1. The van der Waals surface area contributed by atoms with E-state index in [1.165, 1.54) is 17.0 Å². The van der Waals surface area contributed by atoms with E-state index in [4.69, 9.17) is 5.73 Å². The molecule has 4 N–H and O–H groups in total. The van der Waals surface area contributed by atoms with Crippen LogP contribution in [0.3, 0.4) is 0 Å². The molecule has 0 unspecified atom stereocenters. The lowest BCUT2D eigenvalue weighted by Crippen LogP contribution is -2.33. The maximum atomic E-state index is 13.2. The van der Waals surface area contributed by atoms with Crippen LogP contribution in [0.25, 0.3) is 0 Å². The van der Waals surface area contributed by atoms with Gasteiger partial charge in [0.2, 0.25) is 11.9 Å². The Morgan fingerprint density at radius 1 is 1.24 bits per heavy atom. The van der Waals surface area contributed by atoms with Crippen molar-refractivity contribution in [2.75, 3.05) is 11.1 Å². The molecule has 3 aromatic rings. The molecule has 3 heterocycles. The van der Waals surface area contributed by atoms with Gasteiger partial charge in [0.25, 0.3) is 0 Å². The first-order chi connectivity index (χ1) is 14.0. The zero-order chi connectivity index (χ0) is 20.1. The molecular weight excluding hydrogens is 390 g/mol. The summed E-state index contributed by atoms with van der Waals surface area (Å²) in [6, 6.07) is 10.0. The van der Waals surface area contributed by atoms with Crippen LogP contribution in [0.5, 0.6) is 0 Å². The van der Waals surface area contributed by atoms with Crippen LogP contribution in [0.15, 0.2) is 53.0 Å². The van der Waals surface area contributed by atoms with Gasteiger partial charge in [-0.15, -0.1) is 16.4 Å². The number of carboxylic acids is 1. The number of anilines is 2. The lowest BCUT2D eigenvalue weighted by molar-refractivity contribution is -0.116. The molecule has 2 aliphatic rings. The van der Waals surface area contributed by atoms with Gasteiger partial charge in [-0.2, -0.15) is 4.98 Å². The number of benzene rings is 1. The van der Waals surface area contributed by atoms with Gasteiger partial charge in [0.1, 0.15) is 6.04 Å². The van der Waals surface area contributed by atoms with Crippen LogP contribution in [0.4, 0.5) is 11.9 Å². The van der Waals surface area contributed by atoms with E-state index < -0.39 is 12.0 Å². The minimum Gasteiger partial charge on any atom is -0.478 e. The molecule has 146 valence electrons. The molecule has 5 rings (SSSR count). The first-order valence-corrected chi connectivity index (χ1v) is 10.0. The molecule has 0 radical (unpaired) electrons. The van der Waals surface area contributed by atoms with Gasteiger partial charge >= 0.3 is 5.97 Å². The molecule has 1 aromatic carbocycles. The number of nitrogen functional groups attached to an aromatic ring is 1. The Kier molecular flexibility index (Phi) is 3.99. The second kappa shape index (κ2) is 6.56. The summed E-state index contributed by atoms with van der Waals surface area (Å²) in [6.07, 6.45) is 1.11. The highest BCUT2D eigenvalue weighted by Gasteiger charge is 2.39. The van der Waals surface area contributed by atoms with E-state index in [1.54, 1.807) is 28.2 Å². The van der Waals surface area contributed by atoms with Crippen LogP contribution in [0, 0.1) is 0 Å². The van der Waals surface area contributed by atoms with E-state index in [1.807, 2.05) is 11.4 Å². The molecular formula is C20H17N5O3S. The number of carbonyl (C=O) groups is 2. The maximum absolute atomic E-state index is 13.2. The number of hydrogen-bond donors (Lipinski definition) is 3. The molecule has 0 bridgehead atoms. The monoisotopic (exact) mass is 407 g/mol. The number of carbonyl (C=O) groups excluding carboxylic acids is 1. The third-order valence-electron chi connectivity index (χ3n) is 5.36. The Balaban J connectivity index is 1.61. The summed E-state index contributed by atoms with van der Waals surface area (Å²) in [6.45, 7) is 0. The molecule has 2 atom stereocenters. The van der Waals surface area contributed by atoms with Crippen molar-refractivity contribution in [1.29, 1.82) is 0 Å². The Hall–Kier alpha value is -3.46. The number of carboxylic acid groups (broad SMARTS) is 1. The number of hydrogen-bond acceptors (Lipinski definition) is 7. The number of Topliss-reactive ketones (excluding diaryl/α,β-unsaturated/α-hetero) is 1. The average Bonchev–Trinajstić information content (AvgIpc) is 3.35. The molecule has 9 heteroatoms. The fourth-order valence-corrected chi connectivity index (χ4v) is 4.90. The number of aromatic nitrogens is 3. The number of thiophene rings is 1. The smallest absolute Gasteiger partial charge is 0.335 e. The first kappa shape index (κ1) is 17.6. The lowest BCUT2D eigenvalue weighted by atomic mass is 9.80. The predicted octanol–water partition coefficient (Wildman–Crippen LogP) is 3.04. The van der Waals surface area contributed by atoms with Gasteiger partial charge in [-0.25, -0.2) is 9.48 Å². The van der Waals surface area contributed by atoms with Crippen molar-refractivity contribution in [3.05, 3.63) is 69.1 Å². The summed E-state index contributed by atoms with van der Waals surface area (Å²) >= 11 is 1.65. The number of allylic oxidation sites excluding steroid dienone is 2. The fraction of sp³-hybridized carbons (Fsp3) is 0.200. The van der Waals surface area contributed by atoms with E-state index >= 15 is 0 Å². The van der Waals surface area contributed by atoms with Crippen molar-refractivity contribution in [3.8, 4) is 0 Å². The number of rotatable bonds is 3. The molecule has 0 amide bonds. The van der Waals surface area contributed by atoms with Crippen molar-refractivity contribution in [3.63, 3.8) is 0 Å². The van der Waals surface area contributed by atoms with Crippen molar-refractivity contribution >= 4 is 35.0 Å². The Morgan fingerprint density at radius 3 is 2.72 bits per heavy atom. The normalized spacial score (nSPS) is 20.8. The first-order valence-electron chi connectivity index (χ1n) is 9.13. The van der Waals surface area contributed by atoms with E-state index in [0.29, 0.717) is 24.4 Å². The number of nitrogens with one attached hydrogen (secondary N) is 1. The number of aromatic carboxylic acids is 1. The molecule has 1 aliphatic carbocycles. The minimum atomic E-state index is -1.00. The molecule has 0 saturated heterocycles.